The molecule has 1 heterocycles. The number of anilines is 1. The topological polar surface area (TPSA) is 38.3 Å². The van der Waals surface area contributed by atoms with Gasteiger partial charge in [-0.25, -0.2) is 0 Å². The molecule has 4 nitrogen and oxygen atoms in total. The lowest BCUT2D eigenvalue weighted by atomic mass is 10.1. The van der Waals surface area contributed by atoms with E-state index in [1.165, 1.54) is 25.7 Å². The van der Waals surface area contributed by atoms with E-state index in [4.69, 9.17) is 4.74 Å². The summed E-state index contributed by atoms with van der Waals surface area (Å²) >= 11 is 1.63. The quantitative estimate of drug-likeness (QED) is 0.793. The number of methoxy groups -OCH3 is 1. The summed E-state index contributed by atoms with van der Waals surface area (Å²) in [6, 6.07) is 0. The van der Waals surface area contributed by atoms with Crippen molar-refractivity contribution >= 4 is 16.5 Å². The summed E-state index contributed by atoms with van der Waals surface area (Å²) in [5, 5.41) is 10.3. The molecule has 1 aromatic rings. The highest BCUT2D eigenvalue weighted by Crippen LogP contribution is 2.27. The molecule has 0 amide bonds. The van der Waals surface area contributed by atoms with Crippen molar-refractivity contribution in [1.82, 2.24) is 10.2 Å². The van der Waals surface area contributed by atoms with Gasteiger partial charge in [0.15, 0.2) is 0 Å². The first-order valence-electron chi connectivity index (χ1n) is 5.82. The van der Waals surface area contributed by atoms with Gasteiger partial charge in [-0.05, 0) is 18.8 Å². The summed E-state index contributed by atoms with van der Waals surface area (Å²) in [5.74, 6) is 0.847. The highest BCUT2D eigenvalue weighted by atomic mass is 32.1. The fraction of sp³-hybridized carbons (Fsp3) is 0.818. The van der Waals surface area contributed by atoms with Crippen LogP contribution in [0.3, 0.4) is 0 Å². The molecular formula is C11H19N3OS. The Morgan fingerprint density at radius 3 is 2.81 bits per heavy atom. The van der Waals surface area contributed by atoms with Gasteiger partial charge < -0.3 is 9.64 Å². The summed E-state index contributed by atoms with van der Waals surface area (Å²) in [6.45, 7) is 1.68. The molecule has 0 unspecified atom stereocenters. The van der Waals surface area contributed by atoms with Crippen molar-refractivity contribution in [3.8, 4) is 0 Å². The van der Waals surface area contributed by atoms with Crippen LogP contribution in [0.5, 0.6) is 0 Å². The van der Waals surface area contributed by atoms with Crippen LogP contribution in [0.25, 0.3) is 0 Å². The first-order chi connectivity index (χ1) is 7.79. The van der Waals surface area contributed by atoms with Crippen molar-refractivity contribution in [3.63, 3.8) is 0 Å². The lowest BCUT2D eigenvalue weighted by Crippen LogP contribution is -2.23. The molecule has 1 saturated carbocycles. The van der Waals surface area contributed by atoms with Crippen LogP contribution in [-0.2, 0) is 11.3 Å². The molecule has 5 heteroatoms. The summed E-state index contributed by atoms with van der Waals surface area (Å²) < 4.78 is 5.04. The fourth-order valence-corrected chi connectivity index (χ4v) is 3.02. The number of ether oxygens (including phenoxy) is 1. The van der Waals surface area contributed by atoms with E-state index in [2.05, 4.69) is 22.1 Å². The van der Waals surface area contributed by atoms with Gasteiger partial charge in [0.25, 0.3) is 0 Å². The van der Waals surface area contributed by atoms with Gasteiger partial charge in [0.2, 0.25) is 5.13 Å². The average molecular weight is 241 g/mol. The van der Waals surface area contributed by atoms with Crippen LogP contribution >= 0.6 is 11.3 Å². The van der Waals surface area contributed by atoms with E-state index in [0.717, 1.165) is 22.6 Å². The third kappa shape index (κ3) is 2.92. The van der Waals surface area contributed by atoms with Gasteiger partial charge in [-0.1, -0.05) is 24.2 Å². The molecule has 1 aromatic heterocycles. The molecule has 0 atom stereocenters. The van der Waals surface area contributed by atoms with Crippen LogP contribution in [0.15, 0.2) is 0 Å². The highest BCUT2D eigenvalue weighted by Gasteiger charge is 2.18. The summed E-state index contributed by atoms with van der Waals surface area (Å²) in [4.78, 5) is 2.23. The van der Waals surface area contributed by atoms with E-state index in [-0.39, 0.29) is 0 Å². The second kappa shape index (κ2) is 5.59. The Morgan fingerprint density at radius 1 is 1.38 bits per heavy atom. The first kappa shape index (κ1) is 11.8. The molecule has 0 aliphatic heterocycles. The molecule has 16 heavy (non-hydrogen) atoms. The van der Waals surface area contributed by atoms with Gasteiger partial charge in [-0.15, -0.1) is 10.2 Å². The summed E-state index contributed by atoms with van der Waals surface area (Å²) in [6.07, 6.45) is 5.52. The van der Waals surface area contributed by atoms with Gasteiger partial charge in [0.05, 0.1) is 0 Å². The maximum Gasteiger partial charge on any atom is 0.208 e. The van der Waals surface area contributed by atoms with E-state index in [0.29, 0.717) is 6.61 Å². The number of nitrogens with zero attached hydrogens (tertiary/aromatic N) is 3. The Bertz CT molecular complexity index is 323. The van der Waals surface area contributed by atoms with Crippen LogP contribution in [0.2, 0.25) is 0 Å². The number of rotatable bonds is 5. The Morgan fingerprint density at radius 2 is 2.12 bits per heavy atom. The van der Waals surface area contributed by atoms with Crippen LogP contribution in [-0.4, -0.2) is 30.9 Å². The van der Waals surface area contributed by atoms with Gasteiger partial charge in [-0.2, -0.15) is 0 Å². The van der Waals surface area contributed by atoms with E-state index < -0.39 is 0 Å². The number of aromatic nitrogens is 2. The molecule has 0 saturated heterocycles. The molecule has 90 valence electrons. The van der Waals surface area contributed by atoms with Crippen LogP contribution in [0.1, 0.15) is 30.7 Å². The molecule has 2 rings (SSSR count). The van der Waals surface area contributed by atoms with Gasteiger partial charge in [0, 0.05) is 20.7 Å². The zero-order valence-electron chi connectivity index (χ0n) is 9.98. The van der Waals surface area contributed by atoms with E-state index in [1.807, 2.05) is 0 Å². The minimum Gasteiger partial charge on any atom is -0.377 e. The maximum atomic E-state index is 5.04. The lowest BCUT2D eigenvalue weighted by Gasteiger charge is -2.19. The number of hydrogen-bond donors (Lipinski definition) is 0. The van der Waals surface area contributed by atoms with Crippen molar-refractivity contribution in [2.24, 2.45) is 5.92 Å². The zero-order valence-corrected chi connectivity index (χ0v) is 10.8. The second-order valence-electron chi connectivity index (χ2n) is 4.44. The van der Waals surface area contributed by atoms with E-state index >= 15 is 0 Å². The van der Waals surface area contributed by atoms with Gasteiger partial charge >= 0.3 is 0 Å². The third-order valence-corrected chi connectivity index (χ3v) is 4.07. The molecule has 1 aliphatic carbocycles. The smallest absolute Gasteiger partial charge is 0.208 e. The summed E-state index contributed by atoms with van der Waals surface area (Å²) in [7, 11) is 3.79. The van der Waals surface area contributed by atoms with Crippen molar-refractivity contribution in [3.05, 3.63) is 5.01 Å². The predicted molar refractivity (Wildman–Crippen MR) is 65.9 cm³/mol. The molecule has 0 radical (unpaired) electrons. The normalized spacial score (nSPS) is 16.9. The molecular weight excluding hydrogens is 222 g/mol. The second-order valence-corrected chi connectivity index (χ2v) is 5.48. The number of hydrogen-bond acceptors (Lipinski definition) is 5. The van der Waals surface area contributed by atoms with E-state index in [9.17, 15) is 0 Å². The molecule has 0 spiro atoms. The zero-order chi connectivity index (χ0) is 11.4. The van der Waals surface area contributed by atoms with E-state index in [1.54, 1.807) is 18.4 Å². The Hall–Kier alpha value is -0.680. The van der Waals surface area contributed by atoms with Gasteiger partial charge in [-0.3, -0.25) is 0 Å². The molecule has 1 fully saturated rings. The fourth-order valence-electron chi connectivity index (χ4n) is 2.24. The molecule has 0 bridgehead atoms. The Balaban J connectivity index is 1.89. The van der Waals surface area contributed by atoms with Crippen LogP contribution in [0.4, 0.5) is 5.13 Å². The first-order valence-corrected chi connectivity index (χ1v) is 6.63. The minimum atomic E-state index is 0.564. The Kier molecular flexibility index (Phi) is 4.12. The Labute approximate surface area is 101 Å². The molecule has 1 aliphatic rings. The molecule has 0 N–H and O–H groups in total. The van der Waals surface area contributed by atoms with Crippen molar-refractivity contribution in [2.45, 2.75) is 32.3 Å². The van der Waals surface area contributed by atoms with Crippen molar-refractivity contribution in [1.29, 1.82) is 0 Å². The van der Waals surface area contributed by atoms with Crippen molar-refractivity contribution in [2.75, 3.05) is 25.6 Å². The summed E-state index contributed by atoms with van der Waals surface area (Å²) in [5.41, 5.74) is 0. The average Bonchev–Trinajstić information content (AvgIpc) is 2.89. The maximum absolute atomic E-state index is 5.04. The highest BCUT2D eigenvalue weighted by molar-refractivity contribution is 7.15. The van der Waals surface area contributed by atoms with Crippen LogP contribution in [0, 0.1) is 5.92 Å². The van der Waals surface area contributed by atoms with Gasteiger partial charge in [0.1, 0.15) is 11.6 Å². The predicted octanol–water partition coefficient (Wildman–Crippen LogP) is 2.31. The standard InChI is InChI=1S/C11H19N3OS/c1-14(7-9-5-3-4-6-9)11-13-12-10(16-11)8-15-2/h9H,3-8H2,1-2H3. The van der Waals surface area contributed by atoms with Crippen LogP contribution < -0.4 is 4.90 Å². The monoisotopic (exact) mass is 241 g/mol. The third-order valence-electron chi connectivity index (χ3n) is 3.06. The molecule has 0 aromatic carbocycles. The largest absolute Gasteiger partial charge is 0.377 e. The lowest BCUT2D eigenvalue weighted by molar-refractivity contribution is 0.184. The minimum absolute atomic E-state index is 0.564. The SMILES string of the molecule is COCc1nnc(N(C)CC2CCCC2)s1. The van der Waals surface area contributed by atoms with Crippen molar-refractivity contribution < 1.29 is 4.74 Å².